The Morgan fingerprint density at radius 1 is 1.21 bits per heavy atom. The van der Waals surface area contributed by atoms with Crippen molar-refractivity contribution in [2.45, 2.75) is 40.5 Å². The van der Waals surface area contributed by atoms with Crippen molar-refractivity contribution in [3.8, 4) is 0 Å². The van der Waals surface area contributed by atoms with Crippen LogP contribution in [-0.4, -0.2) is 0 Å². The van der Waals surface area contributed by atoms with Gasteiger partial charge in [0, 0.05) is 10.2 Å². The number of hydrogen-bond donors (Lipinski definition) is 1. The lowest BCUT2D eigenvalue weighted by molar-refractivity contribution is 0.859. The molecule has 0 aromatic heterocycles. The predicted octanol–water partition coefficient (Wildman–Crippen LogP) is 4.49. The molecule has 2 heteroatoms. The van der Waals surface area contributed by atoms with E-state index in [2.05, 4.69) is 35.8 Å². The molecule has 80 valence electrons. The van der Waals surface area contributed by atoms with Crippen LogP contribution in [0.1, 0.15) is 44.7 Å². The van der Waals surface area contributed by atoms with Crippen LogP contribution in [0.4, 0.5) is 5.69 Å². The largest absolute Gasteiger partial charge is 0.398 e. The second-order valence-electron chi connectivity index (χ2n) is 3.39. The number of nitrogens with two attached hydrogens (primary N) is 1. The Hall–Kier alpha value is -0.500. The average molecular weight is 258 g/mol. The van der Waals surface area contributed by atoms with Crippen molar-refractivity contribution < 1.29 is 0 Å². The summed E-state index contributed by atoms with van der Waals surface area (Å²) in [6.45, 7) is 10.4. The van der Waals surface area contributed by atoms with Gasteiger partial charge in [0.05, 0.1) is 0 Å². The maximum atomic E-state index is 5.76. The lowest BCUT2D eigenvalue weighted by atomic mass is 10.0. The molecule has 0 aliphatic rings. The van der Waals surface area contributed by atoms with Gasteiger partial charge in [-0.25, -0.2) is 0 Å². The average Bonchev–Trinajstić information content (AvgIpc) is 2.14. The van der Waals surface area contributed by atoms with Gasteiger partial charge in [-0.3, -0.25) is 0 Å². The number of halogens is 1. The smallest absolute Gasteiger partial charge is 0.0355 e. The molecule has 0 bridgehead atoms. The predicted molar refractivity (Wildman–Crippen MR) is 68.7 cm³/mol. The van der Waals surface area contributed by atoms with Crippen LogP contribution in [0, 0.1) is 6.92 Å². The van der Waals surface area contributed by atoms with E-state index >= 15 is 0 Å². The number of benzene rings is 1. The fourth-order valence-corrected chi connectivity index (χ4v) is 1.98. The zero-order chi connectivity index (χ0) is 11.3. The van der Waals surface area contributed by atoms with Crippen LogP contribution in [0.25, 0.3) is 0 Å². The number of nitrogen functional groups attached to an aromatic ring is 1. The lowest BCUT2D eigenvalue weighted by Gasteiger charge is -2.10. The fraction of sp³-hybridized carbons (Fsp3) is 0.500. The zero-order valence-corrected chi connectivity index (χ0v) is 11.3. The minimum Gasteiger partial charge on any atom is -0.398 e. The van der Waals surface area contributed by atoms with Crippen LogP contribution in [0.3, 0.4) is 0 Å². The summed E-state index contributed by atoms with van der Waals surface area (Å²) in [4.78, 5) is 0. The molecule has 0 unspecified atom stereocenters. The highest BCUT2D eigenvalue weighted by Crippen LogP contribution is 2.28. The van der Waals surface area contributed by atoms with Gasteiger partial charge in [0.15, 0.2) is 0 Å². The Balaban J connectivity index is 0.000000791. The molecule has 0 radical (unpaired) electrons. The number of hydrogen-bond acceptors (Lipinski definition) is 1. The summed E-state index contributed by atoms with van der Waals surface area (Å²) in [6.07, 6.45) is 0. The maximum absolute atomic E-state index is 5.76. The fourth-order valence-electron chi connectivity index (χ4n) is 1.16. The molecule has 0 saturated carbocycles. The minimum atomic E-state index is 0.540. The van der Waals surface area contributed by atoms with E-state index in [1.165, 1.54) is 5.56 Å². The Bertz CT molecular complexity index is 293. The number of anilines is 1. The van der Waals surface area contributed by atoms with Gasteiger partial charge in [0.2, 0.25) is 0 Å². The van der Waals surface area contributed by atoms with Gasteiger partial charge in [-0.15, -0.1) is 0 Å². The lowest BCUT2D eigenvalue weighted by Crippen LogP contribution is -1.95. The highest BCUT2D eigenvalue weighted by atomic mass is 79.9. The van der Waals surface area contributed by atoms with E-state index in [-0.39, 0.29) is 0 Å². The third kappa shape index (κ3) is 3.33. The van der Waals surface area contributed by atoms with E-state index < -0.39 is 0 Å². The van der Waals surface area contributed by atoms with E-state index in [9.17, 15) is 0 Å². The van der Waals surface area contributed by atoms with Gasteiger partial charge in [-0.05, 0) is 30.0 Å². The van der Waals surface area contributed by atoms with Crippen molar-refractivity contribution in [2.75, 3.05) is 5.73 Å². The molecule has 0 spiro atoms. The molecule has 14 heavy (non-hydrogen) atoms. The molecule has 1 aromatic carbocycles. The molecule has 0 atom stereocenters. The molecule has 0 fully saturated rings. The zero-order valence-electron chi connectivity index (χ0n) is 9.69. The van der Waals surface area contributed by atoms with E-state index in [4.69, 9.17) is 5.73 Å². The monoisotopic (exact) mass is 257 g/mol. The molecule has 2 N–H and O–H groups in total. The second kappa shape index (κ2) is 6.07. The molecule has 1 rings (SSSR count). The Kier molecular flexibility index (Phi) is 5.86. The molecular weight excluding hydrogens is 238 g/mol. The maximum Gasteiger partial charge on any atom is 0.0355 e. The topological polar surface area (TPSA) is 26.0 Å². The molecule has 0 aliphatic carbocycles. The molecule has 1 nitrogen and oxygen atoms in total. The van der Waals surface area contributed by atoms with Crippen molar-refractivity contribution in [2.24, 2.45) is 0 Å². The minimum absolute atomic E-state index is 0.540. The summed E-state index contributed by atoms with van der Waals surface area (Å²) >= 11 is 3.50. The SMILES string of the molecule is CC.Cc1cc(C(C)C)c(Br)cc1N. The highest BCUT2D eigenvalue weighted by Gasteiger charge is 2.06. The van der Waals surface area contributed by atoms with Crippen molar-refractivity contribution in [3.05, 3.63) is 27.7 Å². The molecule has 1 aromatic rings. The number of aryl methyl sites for hydroxylation is 1. The van der Waals surface area contributed by atoms with Gasteiger partial charge < -0.3 is 5.73 Å². The van der Waals surface area contributed by atoms with Crippen molar-refractivity contribution in [1.82, 2.24) is 0 Å². The first-order valence-electron chi connectivity index (χ1n) is 5.08. The van der Waals surface area contributed by atoms with Gasteiger partial charge in [0.1, 0.15) is 0 Å². The Morgan fingerprint density at radius 3 is 2.14 bits per heavy atom. The van der Waals surface area contributed by atoms with Crippen LogP contribution >= 0.6 is 15.9 Å². The first-order valence-corrected chi connectivity index (χ1v) is 5.87. The van der Waals surface area contributed by atoms with Gasteiger partial charge in [0.25, 0.3) is 0 Å². The highest BCUT2D eigenvalue weighted by molar-refractivity contribution is 9.10. The molecule has 0 saturated heterocycles. The van der Waals surface area contributed by atoms with Gasteiger partial charge >= 0.3 is 0 Å². The van der Waals surface area contributed by atoms with Gasteiger partial charge in [-0.1, -0.05) is 49.7 Å². The van der Waals surface area contributed by atoms with E-state index in [1.54, 1.807) is 0 Å². The first kappa shape index (κ1) is 13.5. The summed E-state index contributed by atoms with van der Waals surface area (Å²) in [7, 11) is 0. The molecular formula is C12H20BrN. The second-order valence-corrected chi connectivity index (χ2v) is 4.24. The summed E-state index contributed by atoms with van der Waals surface area (Å²) in [6, 6.07) is 4.12. The quantitative estimate of drug-likeness (QED) is 0.738. The van der Waals surface area contributed by atoms with Crippen LogP contribution in [0.15, 0.2) is 16.6 Å². The normalized spacial score (nSPS) is 9.64. The van der Waals surface area contributed by atoms with E-state index in [0.717, 1.165) is 15.7 Å². The summed E-state index contributed by atoms with van der Waals surface area (Å²) in [5.41, 5.74) is 9.09. The standard InChI is InChI=1S/C10H14BrN.C2H6/c1-6(2)8-4-7(3)10(12)5-9(8)11;1-2/h4-6H,12H2,1-3H3;1-2H3. The first-order chi connectivity index (χ1) is 6.52. The Morgan fingerprint density at radius 2 is 1.71 bits per heavy atom. The third-order valence-corrected chi connectivity index (χ3v) is 2.69. The third-order valence-electron chi connectivity index (χ3n) is 2.01. The molecule has 0 amide bonds. The van der Waals surface area contributed by atoms with Crippen LogP contribution in [0.5, 0.6) is 0 Å². The van der Waals surface area contributed by atoms with E-state index in [0.29, 0.717) is 5.92 Å². The van der Waals surface area contributed by atoms with Crippen molar-refractivity contribution in [3.63, 3.8) is 0 Å². The Labute approximate surface area is 95.8 Å². The summed E-state index contributed by atoms with van der Waals surface area (Å²) in [5, 5.41) is 0. The van der Waals surface area contributed by atoms with Crippen LogP contribution in [-0.2, 0) is 0 Å². The van der Waals surface area contributed by atoms with Gasteiger partial charge in [-0.2, -0.15) is 0 Å². The summed E-state index contributed by atoms with van der Waals surface area (Å²) < 4.78 is 1.11. The van der Waals surface area contributed by atoms with E-state index in [1.807, 2.05) is 26.8 Å². The number of rotatable bonds is 1. The van der Waals surface area contributed by atoms with Crippen LogP contribution < -0.4 is 5.73 Å². The van der Waals surface area contributed by atoms with Crippen molar-refractivity contribution >= 4 is 21.6 Å². The summed E-state index contributed by atoms with van der Waals surface area (Å²) in [5.74, 6) is 0.540. The van der Waals surface area contributed by atoms with Crippen LogP contribution in [0.2, 0.25) is 0 Å². The molecule has 0 aliphatic heterocycles. The van der Waals surface area contributed by atoms with Crippen molar-refractivity contribution in [1.29, 1.82) is 0 Å². The molecule has 0 heterocycles.